The summed E-state index contributed by atoms with van der Waals surface area (Å²) in [7, 11) is 0. The van der Waals surface area contributed by atoms with E-state index in [-0.39, 0.29) is 11.6 Å². The third kappa shape index (κ3) is 5.53. The molecule has 0 aliphatic heterocycles. The van der Waals surface area contributed by atoms with Gasteiger partial charge in [-0.1, -0.05) is 35.9 Å². The molecule has 0 atom stereocenters. The van der Waals surface area contributed by atoms with E-state index in [1.807, 2.05) is 86.6 Å². The second-order valence-corrected chi connectivity index (χ2v) is 8.22. The van der Waals surface area contributed by atoms with Gasteiger partial charge >= 0.3 is 0 Å². The Morgan fingerprint density at radius 1 is 0.778 bits per heavy atom. The number of amides is 1. The van der Waals surface area contributed by atoms with Crippen LogP contribution in [0.2, 0.25) is 0 Å². The molecule has 9 heteroatoms. The fourth-order valence-corrected chi connectivity index (χ4v) is 3.49. The summed E-state index contributed by atoms with van der Waals surface area (Å²) in [6, 6.07) is 26.7. The van der Waals surface area contributed by atoms with Crippen molar-refractivity contribution < 1.29 is 4.79 Å². The first-order chi connectivity index (χ1) is 17.5. The predicted molar refractivity (Wildman–Crippen MR) is 140 cm³/mol. The summed E-state index contributed by atoms with van der Waals surface area (Å²) in [5.41, 5.74) is 5.40. The van der Waals surface area contributed by atoms with Gasteiger partial charge in [0.25, 0.3) is 5.91 Å². The average Bonchev–Trinajstić information content (AvgIpc) is 3.38. The van der Waals surface area contributed by atoms with Crippen LogP contribution >= 0.6 is 0 Å². The number of carbonyl (C=O) groups is 1. The van der Waals surface area contributed by atoms with E-state index in [2.05, 4.69) is 36.1 Å². The molecule has 0 spiro atoms. The van der Waals surface area contributed by atoms with Gasteiger partial charge in [0, 0.05) is 28.8 Å². The van der Waals surface area contributed by atoms with Gasteiger partial charge < -0.3 is 16.0 Å². The highest BCUT2D eigenvalue weighted by molar-refractivity contribution is 6.02. The van der Waals surface area contributed by atoms with Crippen molar-refractivity contribution in [1.82, 2.24) is 25.0 Å². The summed E-state index contributed by atoms with van der Waals surface area (Å²) in [6.45, 7) is 3.96. The first kappa shape index (κ1) is 22.7. The normalized spacial score (nSPS) is 10.6. The third-order valence-corrected chi connectivity index (χ3v) is 5.29. The number of aryl methyl sites for hydroxylation is 2. The quantitative estimate of drug-likeness (QED) is 0.288. The maximum Gasteiger partial charge on any atom is 0.277 e. The average molecular weight is 477 g/mol. The van der Waals surface area contributed by atoms with Crippen LogP contribution in [0.1, 0.15) is 21.7 Å². The highest BCUT2D eigenvalue weighted by Crippen LogP contribution is 2.21. The number of rotatable bonds is 7. The minimum absolute atomic E-state index is 0.228. The molecule has 0 fully saturated rings. The van der Waals surface area contributed by atoms with Crippen molar-refractivity contribution in [2.45, 2.75) is 13.8 Å². The van der Waals surface area contributed by atoms with E-state index >= 15 is 0 Å². The van der Waals surface area contributed by atoms with E-state index in [4.69, 9.17) is 0 Å². The van der Waals surface area contributed by atoms with Gasteiger partial charge in [-0.05, 0) is 62.4 Å². The molecule has 0 aliphatic carbocycles. The van der Waals surface area contributed by atoms with Crippen LogP contribution in [0.4, 0.5) is 28.8 Å². The van der Waals surface area contributed by atoms with Gasteiger partial charge in [0.2, 0.25) is 5.95 Å². The Bertz CT molecular complexity index is 1480. The first-order valence-corrected chi connectivity index (χ1v) is 11.4. The van der Waals surface area contributed by atoms with Gasteiger partial charge in [-0.2, -0.15) is 14.9 Å². The number of carbonyl (C=O) groups excluding carboxylic acids is 1. The first-order valence-electron chi connectivity index (χ1n) is 11.4. The smallest absolute Gasteiger partial charge is 0.277 e. The van der Waals surface area contributed by atoms with Gasteiger partial charge in [-0.25, -0.2) is 4.98 Å². The summed E-state index contributed by atoms with van der Waals surface area (Å²) in [4.78, 5) is 23.1. The molecule has 5 rings (SSSR count). The maximum atomic E-state index is 12.6. The Balaban J connectivity index is 1.23. The number of nitrogens with zero attached hydrogens (tertiary/aromatic N) is 5. The van der Waals surface area contributed by atoms with Crippen molar-refractivity contribution in [2.75, 3.05) is 16.0 Å². The summed E-state index contributed by atoms with van der Waals surface area (Å²) < 4.78 is 0. The van der Waals surface area contributed by atoms with Gasteiger partial charge in [0.15, 0.2) is 5.69 Å². The highest BCUT2D eigenvalue weighted by atomic mass is 16.2. The van der Waals surface area contributed by atoms with Crippen LogP contribution in [-0.2, 0) is 0 Å². The van der Waals surface area contributed by atoms with Crippen LogP contribution in [0.15, 0.2) is 91.1 Å². The Labute approximate surface area is 208 Å². The second kappa shape index (κ2) is 10.1. The fourth-order valence-electron chi connectivity index (χ4n) is 3.49. The molecule has 0 radical (unpaired) electrons. The Kier molecular flexibility index (Phi) is 6.35. The number of benzene rings is 3. The van der Waals surface area contributed by atoms with Crippen molar-refractivity contribution in [3.05, 3.63) is 108 Å². The molecule has 3 N–H and O–H groups in total. The number of anilines is 5. The molecule has 178 valence electrons. The molecule has 36 heavy (non-hydrogen) atoms. The summed E-state index contributed by atoms with van der Waals surface area (Å²) in [5, 5.41) is 17.8. The zero-order chi connectivity index (χ0) is 24.9. The van der Waals surface area contributed by atoms with E-state index in [1.54, 1.807) is 12.1 Å². The molecular weight excluding hydrogens is 452 g/mol. The van der Waals surface area contributed by atoms with E-state index in [1.165, 1.54) is 16.6 Å². The van der Waals surface area contributed by atoms with Crippen LogP contribution < -0.4 is 16.0 Å². The summed E-state index contributed by atoms with van der Waals surface area (Å²) >= 11 is 0. The van der Waals surface area contributed by atoms with Gasteiger partial charge in [-0.15, -0.1) is 5.10 Å². The largest absolute Gasteiger partial charge is 0.340 e. The molecule has 3 aromatic carbocycles. The molecule has 0 aliphatic rings. The molecule has 9 nitrogen and oxygen atoms in total. The minimum Gasteiger partial charge on any atom is -0.340 e. The molecular formula is C27H24N8O. The van der Waals surface area contributed by atoms with Crippen molar-refractivity contribution in [2.24, 2.45) is 0 Å². The number of aromatic nitrogens is 5. The van der Waals surface area contributed by atoms with Crippen molar-refractivity contribution in [3.8, 4) is 5.69 Å². The van der Waals surface area contributed by atoms with E-state index in [0.29, 0.717) is 17.5 Å². The van der Waals surface area contributed by atoms with Crippen LogP contribution in [-0.4, -0.2) is 30.9 Å². The standard InChI is InChI=1S/C27H24N8O/c1-18-8-10-22(11-9-18)32-27-29-19(2)16-25(33-27)30-20-12-14-21(15-13-20)31-26(36)24-17-28-35(34-24)23-6-4-3-5-7-23/h3-17H,1-2H3,(H,31,36)(H2,29,30,32,33). The Morgan fingerprint density at radius 3 is 2.19 bits per heavy atom. The van der Waals surface area contributed by atoms with Gasteiger partial charge in [0.1, 0.15) is 5.82 Å². The molecule has 0 bridgehead atoms. The Hall–Kier alpha value is -5.05. The van der Waals surface area contributed by atoms with E-state index in [0.717, 1.165) is 22.8 Å². The van der Waals surface area contributed by atoms with E-state index in [9.17, 15) is 4.79 Å². The lowest BCUT2D eigenvalue weighted by atomic mass is 10.2. The monoisotopic (exact) mass is 476 g/mol. The summed E-state index contributed by atoms with van der Waals surface area (Å²) in [6.07, 6.45) is 1.44. The van der Waals surface area contributed by atoms with Gasteiger partial charge in [0.05, 0.1) is 11.9 Å². The van der Waals surface area contributed by atoms with Crippen LogP contribution in [0, 0.1) is 13.8 Å². The number of para-hydroxylation sites is 1. The second-order valence-electron chi connectivity index (χ2n) is 8.22. The molecule has 5 aromatic rings. The lowest BCUT2D eigenvalue weighted by Gasteiger charge is -2.11. The maximum absolute atomic E-state index is 12.6. The minimum atomic E-state index is -0.337. The lowest BCUT2D eigenvalue weighted by Crippen LogP contribution is -2.13. The van der Waals surface area contributed by atoms with Crippen molar-refractivity contribution in [1.29, 1.82) is 0 Å². The zero-order valence-corrected chi connectivity index (χ0v) is 19.8. The van der Waals surface area contributed by atoms with Crippen molar-refractivity contribution >= 4 is 34.7 Å². The molecule has 1 amide bonds. The van der Waals surface area contributed by atoms with Crippen molar-refractivity contribution in [3.63, 3.8) is 0 Å². The Morgan fingerprint density at radius 2 is 1.44 bits per heavy atom. The number of nitrogens with one attached hydrogen (secondary N) is 3. The summed E-state index contributed by atoms with van der Waals surface area (Å²) in [5.74, 6) is 0.830. The topological polar surface area (TPSA) is 110 Å². The third-order valence-electron chi connectivity index (χ3n) is 5.29. The molecule has 2 heterocycles. The molecule has 0 saturated heterocycles. The predicted octanol–water partition coefficient (Wildman–Crippen LogP) is 5.41. The van der Waals surface area contributed by atoms with Gasteiger partial charge in [-0.3, -0.25) is 4.79 Å². The number of hydrogen-bond acceptors (Lipinski definition) is 7. The van der Waals surface area contributed by atoms with Crippen LogP contribution in [0.25, 0.3) is 5.69 Å². The zero-order valence-electron chi connectivity index (χ0n) is 19.8. The SMILES string of the molecule is Cc1ccc(Nc2nc(C)cc(Nc3ccc(NC(=O)c4cnn(-c5ccccc5)n4)cc3)n2)cc1. The highest BCUT2D eigenvalue weighted by Gasteiger charge is 2.12. The van der Waals surface area contributed by atoms with Crippen LogP contribution in [0.3, 0.4) is 0 Å². The molecule has 0 saturated carbocycles. The lowest BCUT2D eigenvalue weighted by molar-refractivity contribution is 0.102. The van der Waals surface area contributed by atoms with Crippen LogP contribution in [0.5, 0.6) is 0 Å². The fraction of sp³-hybridized carbons (Fsp3) is 0.0741. The molecule has 2 aromatic heterocycles. The molecule has 0 unspecified atom stereocenters. The van der Waals surface area contributed by atoms with E-state index < -0.39 is 0 Å². The number of hydrogen-bond donors (Lipinski definition) is 3.